The van der Waals surface area contributed by atoms with Crippen molar-refractivity contribution in [1.29, 1.82) is 0 Å². The Labute approximate surface area is 201 Å². The number of aromatic nitrogens is 1. The standard InChI is InChI=1S/C27H34N4O3/c1-20(2)11-14-27(25(33)31(26(34)29-27)19-23-10-6-7-15-28-23)22-12-16-30(17-13-22)24(32)18-21-8-4-3-5-9-21/h3-10,15,20,22H,11-14,16-19H2,1-2H3,(H,29,34)/t27-/m0/s1. The first kappa shape index (κ1) is 23.9. The van der Waals surface area contributed by atoms with E-state index in [1.54, 1.807) is 6.20 Å². The number of benzene rings is 1. The Bertz CT molecular complexity index is 1000. The molecule has 0 radical (unpaired) electrons. The van der Waals surface area contributed by atoms with E-state index in [4.69, 9.17) is 0 Å². The van der Waals surface area contributed by atoms with Crippen molar-refractivity contribution < 1.29 is 14.4 Å². The summed E-state index contributed by atoms with van der Waals surface area (Å²) in [6, 6.07) is 14.9. The highest BCUT2D eigenvalue weighted by atomic mass is 16.2. The van der Waals surface area contributed by atoms with E-state index in [0.29, 0.717) is 50.4 Å². The lowest BCUT2D eigenvalue weighted by molar-refractivity contribution is -0.136. The Morgan fingerprint density at radius 2 is 1.79 bits per heavy atom. The molecule has 2 fully saturated rings. The van der Waals surface area contributed by atoms with Crippen LogP contribution in [0.5, 0.6) is 0 Å². The molecule has 2 aliphatic rings. The summed E-state index contributed by atoms with van der Waals surface area (Å²) < 4.78 is 0. The van der Waals surface area contributed by atoms with Gasteiger partial charge in [-0.3, -0.25) is 19.5 Å². The van der Waals surface area contributed by atoms with Gasteiger partial charge in [0, 0.05) is 19.3 Å². The van der Waals surface area contributed by atoms with Crippen molar-refractivity contribution in [2.75, 3.05) is 13.1 Å². The summed E-state index contributed by atoms with van der Waals surface area (Å²) in [7, 11) is 0. The molecule has 1 N–H and O–H groups in total. The highest BCUT2D eigenvalue weighted by Crippen LogP contribution is 2.38. The fourth-order valence-electron chi connectivity index (χ4n) is 5.11. The molecule has 1 aromatic heterocycles. The van der Waals surface area contributed by atoms with Gasteiger partial charge in [-0.25, -0.2) is 4.79 Å². The average molecular weight is 463 g/mol. The van der Waals surface area contributed by atoms with Crippen molar-refractivity contribution in [3.63, 3.8) is 0 Å². The van der Waals surface area contributed by atoms with Gasteiger partial charge in [-0.05, 0) is 55.2 Å². The molecule has 180 valence electrons. The van der Waals surface area contributed by atoms with Crippen molar-refractivity contribution in [3.05, 3.63) is 66.0 Å². The number of nitrogens with zero attached hydrogens (tertiary/aromatic N) is 3. The Morgan fingerprint density at radius 1 is 1.09 bits per heavy atom. The lowest BCUT2D eigenvalue weighted by atomic mass is 9.73. The molecule has 3 heterocycles. The van der Waals surface area contributed by atoms with Gasteiger partial charge >= 0.3 is 6.03 Å². The van der Waals surface area contributed by atoms with E-state index < -0.39 is 5.54 Å². The van der Waals surface area contributed by atoms with E-state index in [2.05, 4.69) is 24.1 Å². The summed E-state index contributed by atoms with van der Waals surface area (Å²) >= 11 is 0. The van der Waals surface area contributed by atoms with E-state index >= 15 is 0 Å². The monoisotopic (exact) mass is 462 g/mol. The topological polar surface area (TPSA) is 82.6 Å². The third kappa shape index (κ3) is 5.13. The molecule has 7 nitrogen and oxygen atoms in total. The zero-order valence-corrected chi connectivity index (χ0v) is 20.1. The Balaban J connectivity index is 1.46. The van der Waals surface area contributed by atoms with Crippen LogP contribution in [0.2, 0.25) is 0 Å². The summed E-state index contributed by atoms with van der Waals surface area (Å²) in [4.78, 5) is 47.1. The number of hydrogen-bond acceptors (Lipinski definition) is 4. The molecular weight excluding hydrogens is 428 g/mol. The quantitative estimate of drug-likeness (QED) is 0.605. The van der Waals surface area contributed by atoms with Crippen LogP contribution in [0.3, 0.4) is 0 Å². The second-order valence-electron chi connectivity index (χ2n) is 9.86. The molecule has 0 spiro atoms. The molecule has 2 aromatic rings. The maximum Gasteiger partial charge on any atom is 0.325 e. The lowest BCUT2D eigenvalue weighted by Gasteiger charge is -2.41. The Hall–Kier alpha value is -3.22. The third-order valence-electron chi connectivity index (χ3n) is 7.11. The van der Waals surface area contributed by atoms with E-state index in [1.807, 2.05) is 53.4 Å². The molecule has 0 saturated carbocycles. The molecular formula is C27H34N4O3. The SMILES string of the molecule is CC(C)CC[C@@]1(C2CCN(C(=O)Cc3ccccc3)CC2)NC(=O)N(Cc2ccccn2)C1=O. The summed E-state index contributed by atoms with van der Waals surface area (Å²) in [6.07, 6.45) is 4.90. The summed E-state index contributed by atoms with van der Waals surface area (Å²) in [6.45, 7) is 5.63. The van der Waals surface area contributed by atoms with Crippen LogP contribution in [-0.2, 0) is 22.6 Å². The number of amides is 4. The van der Waals surface area contributed by atoms with E-state index in [0.717, 1.165) is 12.0 Å². The molecule has 2 saturated heterocycles. The number of urea groups is 1. The second kappa shape index (κ2) is 10.4. The van der Waals surface area contributed by atoms with Gasteiger partial charge in [-0.2, -0.15) is 0 Å². The smallest absolute Gasteiger partial charge is 0.325 e. The van der Waals surface area contributed by atoms with Gasteiger partial charge in [0.1, 0.15) is 5.54 Å². The summed E-state index contributed by atoms with van der Waals surface area (Å²) in [5.74, 6) is 0.369. The minimum Gasteiger partial charge on any atom is -0.342 e. The molecule has 34 heavy (non-hydrogen) atoms. The van der Waals surface area contributed by atoms with Crippen molar-refractivity contribution >= 4 is 17.8 Å². The van der Waals surface area contributed by atoms with Crippen LogP contribution in [-0.4, -0.2) is 51.3 Å². The molecule has 7 heteroatoms. The molecule has 1 aromatic carbocycles. The normalized spacial score (nSPS) is 21.3. The van der Waals surface area contributed by atoms with Crippen LogP contribution < -0.4 is 5.32 Å². The first-order chi connectivity index (χ1) is 16.4. The first-order valence-corrected chi connectivity index (χ1v) is 12.2. The largest absolute Gasteiger partial charge is 0.342 e. The van der Waals surface area contributed by atoms with Crippen LogP contribution in [0, 0.1) is 11.8 Å². The number of carbonyl (C=O) groups is 3. The van der Waals surface area contributed by atoms with Crippen LogP contribution >= 0.6 is 0 Å². The number of imide groups is 1. The number of carbonyl (C=O) groups excluding carboxylic acids is 3. The highest BCUT2D eigenvalue weighted by Gasteiger charge is 2.55. The molecule has 0 bridgehead atoms. The molecule has 4 amide bonds. The van der Waals surface area contributed by atoms with E-state index in [9.17, 15) is 14.4 Å². The summed E-state index contributed by atoms with van der Waals surface area (Å²) in [5, 5.41) is 3.10. The predicted octanol–water partition coefficient (Wildman–Crippen LogP) is 3.79. The van der Waals surface area contributed by atoms with Crippen LogP contribution in [0.4, 0.5) is 4.79 Å². The van der Waals surface area contributed by atoms with Gasteiger partial charge in [0.15, 0.2) is 0 Å². The minimum absolute atomic E-state index is 0.00259. The van der Waals surface area contributed by atoms with Crippen molar-refractivity contribution in [2.24, 2.45) is 11.8 Å². The number of pyridine rings is 1. The molecule has 2 aliphatic heterocycles. The Kier molecular flexibility index (Phi) is 7.29. The van der Waals surface area contributed by atoms with Crippen molar-refractivity contribution in [3.8, 4) is 0 Å². The van der Waals surface area contributed by atoms with E-state index in [1.165, 1.54) is 4.90 Å². The third-order valence-corrected chi connectivity index (χ3v) is 7.11. The van der Waals surface area contributed by atoms with Gasteiger partial charge in [0.2, 0.25) is 5.91 Å². The fraction of sp³-hybridized carbons (Fsp3) is 0.481. The molecule has 0 aliphatic carbocycles. The fourth-order valence-corrected chi connectivity index (χ4v) is 5.11. The second-order valence-corrected chi connectivity index (χ2v) is 9.86. The van der Waals surface area contributed by atoms with E-state index in [-0.39, 0.29) is 30.3 Å². The maximum atomic E-state index is 13.7. The van der Waals surface area contributed by atoms with Gasteiger partial charge < -0.3 is 10.2 Å². The van der Waals surface area contributed by atoms with Gasteiger partial charge in [0.25, 0.3) is 5.91 Å². The number of piperidine rings is 1. The van der Waals surface area contributed by atoms with Crippen LogP contribution in [0.15, 0.2) is 54.7 Å². The highest BCUT2D eigenvalue weighted by molar-refractivity contribution is 6.07. The number of hydrogen-bond donors (Lipinski definition) is 1. The molecule has 0 unspecified atom stereocenters. The molecule has 1 atom stereocenters. The maximum absolute atomic E-state index is 13.7. The van der Waals surface area contributed by atoms with Gasteiger partial charge in [-0.15, -0.1) is 0 Å². The Morgan fingerprint density at radius 3 is 2.44 bits per heavy atom. The first-order valence-electron chi connectivity index (χ1n) is 12.2. The van der Waals surface area contributed by atoms with Gasteiger partial charge in [0.05, 0.1) is 18.7 Å². The zero-order chi connectivity index (χ0) is 24.1. The van der Waals surface area contributed by atoms with Crippen molar-refractivity contribution in [1.82, 2.24) is 20.1 Å². The lowest BCUT2D eigenvalue weighted by Crippen LogP contribution is -2.56. The number of rotatable bonds is 8. The predicted molar refractivity (Wildman–Crippen MR) is 130 cm³/mol. The number of likely N-dealkylation sites (tertiary alicyclic amines) is 1. The average Bonchev–Trinajstić information content (AvgIpc) is 3.09. The van der Waals surface area contributed by atoms with Crippen molar-refractivity contribution in [2.45, 2.75) is 58.0 Å². The molecule has 4 rings (SSSR count). The van der Waals surface area contributed by atoms with Crippen LogP contribution in [0.25, 0.3) is 0 Å². The zero-order valence-electron chi connectivity index (χ0n) is 20.1. The van der Waals surface area contributed by atoms with Gasteiger partial charge in [-0.1, -0.05) is 50.2 Å². The number of nitrogens with one attached hydrogen (secondary N) is 1. The minimum atomic E-state index is -0.912. The summed E-state index contributed by atoms with van der Waals surface area (Å²) in [5.41, 5.74) is 0.781. The van der Waals surface area contributed by atoms with Crippen LogP contribution in [0.1, 0.15) is 50.8 Å².